The zero-order valence-electron chi connectivity index (χ0n) is 18.3. The summed E-state index contributed by atoms with van der Waals surface area (Å²) in [5.41, 5.74) is -2.78. The summed E-state index contributed by atoms with van der Waals surface area (Å²) in [6, 6.07) is 7.70. The monoisotopic (exact) mass is 596 g/mol. The molecule has 1 unspecified atom stereocenters. The molecule has 35 heavy (non-hydrogen) atoms. The number of hydrogen-bond acceptors (Lipinski definition) is 6. The summed E-state index contributed by atoms with van der Waals surface area (Å²) in [4.78, 5) is 30.6. The van der Waals surface area contributed by atoms with Crippen molar-refractivity contribution in [1.82, 2.24) is 4.90 Å². The van der Waals surface area contributed by atoms with Gasteiger partial charge in [0, 0.05) is 38.7 Å². The van der Waals surface area contributed by atoms with Crippen molar-refractivity contribution in [2.45, 2.75) is 25.1 Å². The molecule has 188 valence electrons. The van der Waals surface area contributed by atoms with Gasteiger partial charge in [-0.3, -0.25) is 4.79 Å². The van der Waals surface area contributed by atoms with Crippen LogP contribution in [0, 0.1) is 0 Å². The Morgan fingerprint density at radius 3 is 2.40 bits per heavy atom. The van der Waals surface area contributed by atoms with Crippen molar-refractivity contribution in [1.29, 1.82) is 0 Å². The molecule has 0 N–H and O–H groups in total. The Kier molecular flexibility index (Phi) is 8.36. The fourth-order valence-corrected chi connectivity index (χ4v) is 4.42. The number of rotatable bonds is 6. The molecule has 0 spiro atoms. The maximum Gasteiger partial charge on any atom is 0.435 e. The standard InChI is InChI=1S/C22H18BrCl2F3N2O5/c1-3-34-11-30(20(32)33-2)19(31)16-5-4-12(6-17(16)23)18-10-21(35-29-18,22(26,27)28)13-7-14(24)9-15(25)8-13/h4-9H,3,10-11H2,1-2H3. The summed E-state index contributed by atoms with van der Waals surface area (Å²) in [6.07, 6.45) is -6.44. The summed E-state index contributed by atoms with van der Waals surface area (Å²) in [6.45, 7) is 1.60. The van der Waals surface area contributed by atoms with E-state index in [0.29, 0.717) is 0 Å². The van der Waals surface area contributed by atoms with Gasteiger partial charge in [0.05, 0.1) is 18.4 Å². The molecular formula is C22H18BrCl2F3N2O5. The molecule has 0 aliphatic carbocycles. The number of ether oxygens (including phenoxy) is 2. The molecule has 0 radical (unpaired) electrons. The lowest BCUT2D eigenvalue weighted by Gasteiger charge is -2.29. The molecule has 2 aromatic carbocycles. The van der Waals surface area contributed by atoms with Gasteiger partial charge in [-0.1, -0.05) is 34.4 Å². The lowest BCUT2D eigenvalue weighted by atomic mass is 9.86. The van der Waals surface area contributed by atoms with Gasteiger partial charge >= 0.3 is 12.3 Å². The van der Waals surface area contributed by atoms with E-state index in [1.807, 2.05) is 0 Å². The van der Waals surface area contributed by atoms with E-state index in [9.17, 15) is 22.8 Å². The molecule has 13 heteroatoms. The molecule has 3 rings (SSSR count). The summed E-state index contributed by atoms with van der Waals surface area (Å²) >= 11 is 15.1. The van der Waals surface area contributed by atoms with E-state index in [-0.39, 0.29) is 50.3 Å². The van der Waals surface area contributed by atoms with Crippen molar-refractivity contribution in [3.05, 3.63) is 67.6 Å². The zero-order valence-corrected chi connectivity index (χ0v) is 21.4. The Morgan fingerprint density at radius 1 is 1.20 bits per heavy atom. The van der Waals surface area contributed by atoms with Crippen molar-refractivity contribution in [3.8, 4) is 0 Å². The summed E-state index contributed by atoms with van der Waals surface area (Å²) in [5.74, 6) is -0.730. The Bertz CT molecular complexity index is 1160. The van der Waals surface area contributed by atoms with E-state index in [4.69, 9.17) is 32.8 Å². The van der Waals surface area contributed by atoms with Gasteiger partial charge in [-0.05, 0) is 53.2 Å². The van der Waals surface area contributed by atoms with Crippen LogP contribution in [0.1, 0.15) is 34.8 Å². The van der Waals surface area contributed by atoms with Crippen molar-refractivity contribution >= 4 is 56.8 Å². The van der Waals surface area contributed by atoms with Crippen molar-refractivity contribution in [2.24, 2.45) is 5.16 Å². The number of benzene rings is 2. The summed E-state index contributed by atoms with van der Waals surface area (Å²) in [7, 11) is 1.12. The number of alkyl halides is 3. The first-order chi connectivity index (χ1) is 16.4. The Labute approximate surface area is 216 Å². The van der Waals surface area contributed by atoms with Crippen LogP contribution in [0.25, 0.3) is 0 Å². The number of imide groups is 1. The molecule has 1 aliphatic heterocycles. The molecule has 2 amide bonds. The first-order valence-electron chi connectivity index (χ1n) is 9.99. The smallest absolute Gasteiger partial charge is 0.435 e. The lowest BCUT2D eigenvalue weighted by Crippen LogP contribution is -2.42. The third-order valence-corrected chi connectivity index (χ3v) is 6.20. The average molecular weight is 598 g/mol. The second kappa shape index (κ2) is 10.7. The number of oxime groups is 1. The molecule has 0 saturated carbocycles. The minimum Gasteiger partial charge on any atom is -0.452 e. The highest BCUT2D eigenvalue weighted by molar-refractivity contribution is 9.10. The fraction of sp³-hybridized carbons (Fsp3) is 0.318. The number of nitrogens with zero attached hydrogens (tertiary/aromatic N) is 2. The predicted molar refractivity (Wildman–Crippen MR) is 126 cm³/mol. The second-order valence-corrected chi connectivity index (χ2v) is 9.04. The molecule has 1 atom stereocenters. The van der Waals surface area contributed by atoms with Gasteiger partial charge in [0.25, 0.3) is 11.5 Å². The van der Waals surface area contributed by atoms with Gasteiger partial charge in [0.1, 0.15) is 6.73 Å². The number of hydrogen-bond donors (Lipinski definition) is 0. The molecule has 1 aliphatic rings. The van der Waals surface area contributed by atoms with Crippen LogP contribution in [0.3, 0.4) is 0 Å². The van der Waals surface area contributed by atoms with Gasteiger partial charge in [-0.15, -0.1) is 0 Å². The zero-order chi connectivity index (χ0) is 26.0. The van der Waals surface area contributed by atoms with E-state index >= 15 is 0 Å². The molecule has 7 nitrogen and oxygen atoms in total. The first kappa shape index (κ1) is 27.3. The van der Waals surface area contributed by atoms with E-state index in [2.05, 4.69) is 25.8 Å². The van der Waals surface area contributed by atoms with Crippen LogP contribution in [0.15, 0.2) is 46.0 Å². The number of halogens is 6. The number of amides is 2. The van der Waals surface area contributed by atoms with Crippen LogP contribution < -0.4 is 0 Å². The maximum absolute atomic E-state index is 14.2. The fourth-order valence-electron chi connectivity index (χ4n) is 3.35. The normalized spacial score (nSPS) is 17.5. The minimum absolute atomic E-state index is 0.0148. The molecular weight excluding hydrogens is 580 g/mol. The highest BCUT2D eigenvalue weighted by atomic mass is 79.9. The summed E-state index contributed by atoms with van der Waals surface area (Å²) in [5, 5.41) is 3.72. The Balaban J connectivity index is 1.92. The van der Waals surface area contributed by atoms with Crippen molar-refractivity contribution in [2.75, 3.05) is 20.4 Å². The average Bonchev–Trinajstić information content (AvgIpc) is 3.25. The van der Waals surface area contributed by atoms with Gasteiger partial charge < -0.3 is 14.3 Å². The molecule has 0 fully saturated rings. The number of carbonyl (C=O) groups is 2. The summed E-state index contributed by atoms with van der Waals surface area (Å²) < 4.78 is 52.6. The highest BCUT2D eigenvalue weighted by Gasteiger charge is 2.62. The number of carbonyl (C=O) groups excluding carboxylic acids is 2. The highest BCUT2D eigenvalue weighted by Crippen LogP contribution is 2.49. The topological polar surface area (TPSA) is 77.4 Å². The SMILES string of the molecule is CCOCN(C(=O)OC)C(=O)c1ccc(C2=NOC(c3cc(Cl)cc(Cl)c3)(C(F)(F)F)C2)cc1Br. The van der Waals surface area contributed by atoms with Crippen molar-refractivity contribution < 1.29 is 37.1 Å². The van der Waals surface area contributed by atoms with Gasteiger partial charge in [-0.25, -0.2) is 9.69 Å². The molecule has 0 aromatic heterocycles. The van der Waals surface area contributed by atoms with E-state index in [0.717, 1.165) is 24.1 Å². The van der Waals surface area contributed by atoms with E-state index in [1.165, 1.54) is 24.3 Å². The van der Waals surface area contributed by atoms with Crippen LogP contribution >= 0.6 is 39.1 Å². The first-order valence-corrected chi connectivity index (χ1v) is 11.5. The largest absolute Gasteiger partial charge is 0.452 e. The van der Waals surface area contributed by atoms with Gasteiger partial charge in [0.15, 0.2) is 0 Å². The number of methoxy groups -OCH3 is 1. The molecule has 1 heterocycles. The van der Waals surface area contributed by atoms with Crippen LogP contribution in [-0.2, 0) is 19.9 Å². The third kappa shape index (κ3) is 5.58. The Morgan fingerprint density at radius 2 is 1.86 bits per heavy atom. The quantitative estimate of drug-likeness (QED) is 0.353. The van der Waals surface area contributed by atoms with Crippen LogP contribution in [0.5, 0.6) is 0 Å². The third-order valence-electron chi connectivity index (χ3n) is 5.11. The van der Waals surface area contributed by atoms with Crippen LogP contribution in [0.2, 0.25) is 10.0 Å². The van der Waals surface area contributed by atoms with E-state index < -0.39 is 30.2 Å². The molecule has 2 aromatic rings. The molecule has 0 bridgehead atoms. The van der Waals surface area contributed by atoms with Crippen LogP contribution in [-0.4, -0.2) is 49.2 Å². The van der Waals surface area contributed by atoms with Gasteiger partial charge in [-0.2, -0.15) is 13.2 Å². The molecule has 0 saturated heterocycles. The van der Waals surface area contributed by atoms with Crippen LogP contribution in [0.4, 0.5) is 18.0 Å². The minimum atomic E-state index is -4.85. The second-order valence-electron chi connectivity index (χ2n) is 7.31. The Hall–Kier alpha value is -2.34. The lowest BCUT2D eigenvalue weighted by molar-refractivity contribution is -0.275. The van der Waals surface area contributed by atoms with Gasteiger partial charge in [0.2, 0.25) is 0 Å². The van der Waals surface area contributed by atoms with E-state index in [1.54, 1.807) is 6.92 Å². The van der Waals surface area contributed by atoms with Crippen molar-refractivity contribution in [3.63, 3.8) is 0 Å². The maximum atomic E-state index is 14.2. The predicted octanol–water partition coefficient (Wildman–Crippen LogP) is 6.54.